The molecule has 25 heavy (non-hydrogen) atoms. The molecule has 0 radical (unpaired) electrons. The van der Waals surface area contributed by atoms with Gasteiger partial charge in [-0.05, 0) is 32.6 Å². The fraction of sp³-hybridized carbons (Fsp3) is 0.778. The summed E-state index contributed by atoms with van der Waals surface area (Å²) in [5.41, 5.74) is 0.311. The van der Waals surface area contributed by atoms with Gasteiger partial charge in [0, 0.05) is 19.1 Å². The molecule has 3 rings (SSSR count). The van der Waals surface area contributed by atoms with E-state index in [2.05, 4.69) is 5.10 Å². The second-order valence-corrected chi connectivity index (χ2v) is 7.46. The average molecular weight is 348 g/mol. The maximum Gasteiger partial charge on any atom is 0.322 e. The number of carbonyl (C=O) groups excluding carboxylic acids is 1. The van der Waals surface area contributed by atoms with Gasteiger partial charge >= 0.3 is 5.69 Å². The highest BCUT2D eigenvalue weighted by atomic mass is 16.6. The van der Waals surface area contributed by atoms with E-state index < -0.39 is 4.92 Å². The first kappa shape index (κ1) is 17.9. The number of aryl methyl sites for hydroxylation is 1. The van der Waals surface area contributed by atoms with Gasteiger partial charge < -0.3 is 4.90 Å². The molecule has 2 fully saturated rings. The fourth-order valence-corrected chi connectivity index (χ4v) is 4.43. The Morgan fingerprint density at radius 1 is 1.08 bits per heavy atom. The van der Waals surface area contributed by atoms with E-state index >= 15 is 0 Å². The third-order valence-electron chi connectivity index (χ3n) is 5.86. The molecule has 0 aromatic carbocycles. The van der Waals surface area contributed by atoms with Crippen LogP contribution in [-0.4, -0.2) is 37.6 Å². The van der Waals surface area contributed by atoms with Crippen molar-refractivity contribution in [2.24, 2.45) is 7.05 Å². The zero-order valence-electron chi connectivity index (χ0n) is 15.2. The van der Waals surface area contributed by atoms with Crippen LogP contribution < -0.4 is 0 Å². The Morgan fingerprint density at radius 3 is 2.00 bits per heavy atom. The topological polar surface area (TPSA) is 81.3 Å². The van der Waals surface area contributed by atoms with Crippen LogP contribution >= 0.6 is 0 Å². The van der Waals surface area contributed by atoms with Crippen LogP contribution in [0.3, 0.4) is 0 Å². The van der Waals surface area contributed by atoms with Crippen LogP contribution in [0.5, 0.6) is 0 Å². The summed E-state index contributed by atoms with van der Waals surface area (Å²) in [7, 11) is 1.66. The van der Waals surface area contributed by atoms with Gasteiger partial charge in [0.05, 0.1) is 4.92 Å². The molecule has 0 aliphatic heterocycles. The highest BCUT2D eigenvalue weighted by molar-refractivity contribution is 5.97. The van der Waals surface area contributed by atoms with Crippen molar-refractivity contribution in [3.05, 3.63) is 21.5 Å². The predicted octanol–water partition coefficient (Wildman–Crippen LogP) is 3.74. The molecule has 1 amide bonds. The molecule has 0 bridgehead atoms. The quantitative estimate of drug-likeness (QED) is 0.613. The lowest BCUT2D eigenvalue weighted by Gasteiger charge is -2.41. The second kappa shape index (κ2) is 7.54. The average Bonchev–Trinajstić information content (AvgIpc) is 2.92. The van der Waals surface area contributed by atoms with Crippen LogP contribution in [0.15, 0.2) is 0 Å². The molecule has 0 saturated heterocycles. The molecule has 0 spiro atoms. The summed E-state index contributed by atoms with van der Waals surface area (Å²) < 4.78 is 1.45. The van der Waals surface area contributed by atoms with Crippen molar-refractivity contribution >= 4 is 11.6 Å². The lowest BCUT2D eigenvalue weighted by molar-refractivity contribution is -0.385. The number of hydrogen-bond donors (Lipinski definition) is 0. The zero-order valence-corrected chi connectivity index (χ0v) is 15.2. The smallest absolute Gasteiger partial charge is 0.322 e. The third-order valence-corrected chi connectivity index (χ3v) is 5.86. The zero-order chi connectivity index (χ0) is 18.0. The first-order valence-corrected chi connectivity index (χ1v) is 9.51. The van der Waals surface area contributed by atoms with Crippen LogP contribution in [0.1, 0.15) is 80.4 Å². The van der Waals surface area contributed by atoms with Gasteiger partial charge in [-0.25, -0.2) is 0 Å². The van der Waals surface area contributed by atoms with E-state index in [-0.39, 0.29) is 29.4 Å². The Hall–Kier alpha value is -1.92. The molecule has 2 aliphatic rings. The van der Waals surface area contributed by atoms with E-state index in [9.17, 15) is 14.9 Å². The van der Waals surface area contributed by atoms with E-state index in [4.69, 9.17) is 0 Å². The van der Waals surface area contributed by atoms with Gasteiger partial charge in [0.2, 0.25) is 5.69 Å². The number of amides is 1. The molecule has 7 heteroatoms. The van der Waals surface area contributed by atoms with Gasteiger partial charge in [-0.1, -0.05) is 38.5 Å². The Morgan fingerprint density at radius 2 is 1.56 bits per heavy atom. The van der Waals surface area contributed by atoms with Crippen molar-refractivity contribution in [1.82, 2.24) is 14.7 Å². The normalized spacial score (nSPS) is 19.8. The number of nitro groups is 1. The number of carbonyl (C=O) groups is 1. The maximum atomic E-state index is 13.4. The monoisotopic (exact) mass is 348 g/mol. The molecular formula is C18H28N4O3. The summed E-state index contributed by atoms with van der Waals surface area (Å²) in [4.78, 5) is 26.4. The van der Waals surface area contributed by atoms with Gasteiger partial charge in [-0.3, -0.25) is 19.6 Å². The molecule has 1 heterocycles. The van der Waals surface area contributed by atoms with Crippen LogP contribution in [0.4, 0.5) is 5.69 Å². The molecular weight excluding hydrogens is 320 g/mol. The summed E-state index contributed by atoms with van der Waals surface area (Å²) in [5, 5.41) is 15.7. The summed E-state index contributed by atoms with van der Waals surface area (Å²) in [6.07, 6.45) is 11.0. The third kappa shape index (κ3) is 3.55. The molecule has 138 valence electrons. The molecule has 7 nitrogen and oxygen atoms in total. The molecule has 1 aromatic rings. The predicted molar refractivity (Wildman–Crippen MR) is 94.5 cm³/mol. The summed E-state index contributed by atoms with van der Waals surface area (Å²) in [6.45, 7) is 1.65. The van der Waals surface area contributed by atoms with Crippen molar-refractivity contribution in [3.63, 3.8) is 0 Å². The minimum absolute atomic E-state index is 0.0150. The molecule has 0 atom stereocenters. The first-order valence-electron chi connectivity index (χ1n) is 9.51. The van der Waals surface area contributed by atoms with Gasteiger partial charge in [-0.2, -0.15) is 5.10 Å². The van der Waals surface area contributed by atoms with Crippen molar-refractivity contribution < 1.29 is 9.72 Å². The van der Waals surface area contributed by atoms with Crippen molar-refractivity contribution in [2.45, 2.75) is 83.2 Å². The summed E-state index contributed by atoms with van der Waals surface area (Å²) >= 11 is 0. The van der Waals surface area contributed by atoms with E-state index in [1.165, 1.54) is 17.5 Å². The Bertz CT molecular complexity index is 625. The minimum Gasteiger partial charge on any atom is -0.331 e. The van der Waals surface area contributed by atoms with E-state index in [1.54, 1.807) is 14.0 Å². The highest BCUT2D eigenvalue weighted by Crippen LogP contribution is 2.33. The highest BCUT2D eigenvalue weighted by Gasteiger charge is 2.38. The van der Waals surface area contributed by atoms with E-state index in [0.717, 1.165) is 51.4 Å². The first-order chi connectivity index (χ1) is 12.0. The Balaban J connectivity index is 1.96. The molecule has 2 aliphatic carbocycles. The van der Waals surface area contributed by atoms with E-state index in [0.29, 0.717) is 5.69 Å². The fourth-order valence-electron chi connectivity index (χ4n) is 4.43. The van der Waals surface area contributed by atoms with Crippen LogP contribution in [0, 0.1) is 17.0 Å². The lowest BCUT2D eigenvalue weighted by atomic mass is 9.88. The molecule has 2 saturated carbocycles. The standard InChI is InChI=1S/C18H28N4O3/c1-13-17(22(24)25)16(19-20(13)2)18(23)21(14-9-5-3-6-10-14)15-11-7-4-8-12-15/h14-15H,3-12H2,1-2H3. The van der Waals surface area contributed by atoms with Gasteiger partial charge in [0.25, 0.3) is 5.91 Å². The van der Waals surface area contributed by atoms with Crippen LogP contribution in [0.2, 0.25) is 0 Å². The Kier molecular flexibility index (Phi) is 5.39. The van der Waals surface area contributed by atoms with Crippen molar-refractivity contribution in [3.8, 4) is 0 Å². The number of aromatic nitrogens is 2. The van der Waals surface area contributed by atoms with E-state index in [1.807, 2.05) is 4.90 Å². The maximum absolute atomic E-state index is 13.4. The number of rotatable bonds is 4. The summed E-state index contributed by atoms with van der Waals surface area (Å²) in [5.74, 6) is -0.241. The van der Waals surface area contributed by atoms with Crippen molar-refractivity contribution in [2.75, 3.05) is 0 Å². The second-order valence-electron chi connectivity index (χ2n) is 7.46. The lowest BCUT2D eigenvalue weighted by Crippen LogP contribution is -2.49. The van der Waals surface area contributed by atoms with Gasteiger partial charge in [-0.15, -0.1) is 0 Å². The Labute approximate surface area is 148 Å². The van der Waals surface area contributed by atoms with Crippen LogP contribution in [0.25, 0.3) is 0 Å². The number of nitrogens with zero attached hydrogens (tertiary/aromatic N) is 4. The minimum atomic E-state index is -0.463. The SMILES string of the molecule is Cc1c([N+](=O)[O-])c(C(=O)N(C2CCCCC2)C2CCCCC2)nn1C. The molecule has 0 unspecified atom stereocenters. The van der Waals surface area contributed by atoms with Crippen LogP contribution in [-0.2, 0) is 7.05 Å². The van der Waals surface area contributed by atoms with Gasteiger partial charge in [0.1, 0.15) is 5.69 Å². The number of hydrogen-bond acceptors (Lipinski definition) is 4. The van der Waals surface area contributed by atoms with Crippen molar-refractivity contribution in [1.29, 1.82) is 0 Å². The largest absolute Gasteiger partial charge is 0.331 e. The molecule has 1 aromatic heterocycles. The van der Waals surface area contributed by atoms with Gasteiger partial charge in [0.15, 0.2) is 0 Å². The summed E-state index contributed by atoms with van der Waals surface area (Å²) in [6, 6.07) is 0.400. The molecule has 0 N–H and O–H groups in total.